The van der Waals surface area contributed by atoms with E-state index in [9.17, 15) is 4.79 Å². The fourth-order valence-corrected chi connectivity index (χ4v) is 4.89. The maximum Gasteiger partial charge on any atom is 0.237 e. The summed E-state index contributed by atoms with van der Waals surface area (Å²) in [4.78, 5) is 15.4. The van der Waals surface area contributed by atoms with Crippen molar-refractivity contribution in [2.75, 3.05) is 36.5 Å². The van der Waals surface area contributed by atoms with Gasteiger partial charge < -0.3 is 15.0 Å². The number of ether oxygens (including phenoxy) is 1. The minimum atomic E-state index is -0.352. The second kappa shape index (κ2) is 11.1. The summed E-state index contributed by atoms with van der Waals surface area (Å²) in [5.74, 6) is 1.11. The highest BCUT2D eigenvalue weighted by molar-refractivity contribution is 8.00. The zero-order valence-electron chi connectivity index (χ0n) is 20.3. The Labute approximate surface area is 205 Å². The van der Waals surface area contributed by atoms with Crippen LogP contribution >= 0.6 is 11.8 Å². The maximum absolute atomic E-state index is 13.2. The summed E-state index contributed by atoms with van der Waals surface area (Å²) in [6.07, 6.45) is 1.01. The van der Waals surface area contributed by atoms with E-state index < -0.39 is 0 Å². The van der Waals surface area contributed by atoms with E-state index in [0.717, 1.165) is 48.0 Å². The number of nitrogens with one attached hydrogen (secondary N) is 1. The summed E-state index contributed by atoms with van der Waals surface area (Å²) in [5.41, 5.74) is 4.18. The van der Waals surface area contributed by atoms with E-state index in [1.807, 2.05) is 37.3 Å². The lowest BCUT2D eigenvalue weighted by Crippen LogP contribution is -2.38. The molecule has 0 saturated carbocycles. The third kappa shape index (κ3) is 5.28. The molecule has 1 aromatic heterocycles. The van der Waals surface area contributed by atoms with Gasteiger partial charge in [0.05, 0.1) is 24.2 Å². The molecule has 1 fully saturated rings. The van der Waals surface area contributed by atoms with Crippen LogP contribution in [0.5, 0.6) is 0 Å². The molecule has 2 atom stereocenters. The third-order valence-electron chi connectivity index (χ3n) is 6.28. The molecule has 2 heterocycles. The van der Waals surface area contributed by atoms with E-state index in [4.69, 9.17) is 4.74 Å². The fourth-order valence-electron chi connectivity index (χ4n) is 4.04. The van der Waals surface area contributed by atoms with Crippen molar-refractivity contribution in [3.05, 3.63) is 59.7 Å². The quantitative estimate of drug-likeness (QED) is 0.456. The Morgan fingerprint density at radius 3 is 2.53 bits per heavy atom. The second-order valence-corrected chi connectivity index (χ2v) is 9.96. The van der Waals surface area contributed by atoms with Crippen molar-refractivity contribution in [1.82, 2.24) is 14.8 Å². The summed E-state index contributed by atoms with van der Waals surface area (Å²) in [6, 6.07) is 16.2. The van der Waals surface area contributed by atoms with Crippen molar-refractivity contribution < 1.29 is 9.53 Å². The van der Waals surface area contributed by atoms with E-state index in [2.05, 4.69) is 64.0 Å². The molecule has 0 bridgehead atoms. The molecule has 2 unspecified atom stereocenters. The number of hydrogen-bond donors (Lipinski definition) is 1. The molecule has 1 aliphatic rings. The summed E-state index contributed by atoms with van der Waals surface area (Å²) >= 11 is 1.43. The van der Waals surface area contributed by atoms with Crippen molar-refractivity contribution in [2.45, 2.75) is 50.4 Å². The molecule has 180 valence electrons. The molecule has 0 radical (unpaired) electrons. The SMILES string of the molecule is CCC(C)c1ccccc1NC(=O)C(C)Sc1nnc(N2CCOCC2)n1-c1ccccc1C. The van der Waals surface area contributed by atoms with Gasteiger partial charge >= 0.3 is 0 Å². The van der Waals surface area contributed by atoms with Gasteiger partial charge in [0.2, 0.25) is 11.9 Å². The number of anilines is 2. The highest BCUT2D eigenvalue weighted by atomic mass is 32.2. The molecule has 2 aromatic carbocycles. The number of nitrogens with zero attached hydrogens (tertiary/aromatic N) is 4. The minimum absolute atomic E-state index is 0.0481. The summed E-state index contributed by atoms with van der Waals surface area (Å²) in [5, 5.41) is 12.5. The Balaban J connectivity index is 1.59. The lowest BCUT2D eigenvalue weighted by molar-refractivity contribution is -0.115. The standard InChI is InChI=1S/C26H33N5O2S/c1-5-18(2)21-11-7-8-12-22(21)27-24(32)20(4)34-26-29-28-25(30-14-16-33-17-15-30)31(26)23-13-9-6-10-19(23)3/h6-13,18,20H,5,14-17H2,1-4H3,(H,27,32). The molecular weight excluding hydrogens is 446 g/mol. The Bertz CT molecular complexity index is 1130. The molecule has 8 heteroatoms. The molecule has 3 aromatic rings. The maximum atomic E-state index is 13.2. The first-order valence-corrected chi connectivity index (χ1v) is 12.8. The lowest BCUT2D eigenvalue weighted by Gasteiger charge is -2.28. The van der Waals surface area contributed by atoms with Gasteiger partial charge in [-0.1, -0.05) is 62.0 Å². The molecule has 1 amide bonds. The highest BCUT2D eigenvalue weighted by Crippen LogP contribution is 2.32. The number of benzene rings is 2. The number of morpholine rings is 1. The molecular formula is C26H33N5O2S. The molecule has 0 spiro atoms. The molecule has 1 aliphatic heterocycles. The van der Waals surface area contributed by atoms with Crippen LogP contribution in [0.15, 0.2) is 53.7 Å². The van der Waals surface area contributed by atoms with Gasteiger partial charge in [0.25, 0.3) is 0 Å². The van der Waals surface area contributed by atoms with Crippen LogP contribution in [0.2, 0.25) is 0 Å². The zero-order valence-corrected chi connectivity index (χ0v) is 21.1. The van der Waals surface area contributed by atoms with Crippen LogP contribution < -0.4 is 10.2 Å². The lowest BCUT2D eigenvalue weighted by atomic mass is 9.97. The van der Waals surface area contributed by atoms with Gasteiger partial charge in [-0.05, 0) is 49.4 Å². The number of aryl methyl sites for hydroxylation is 1. The molecule has 4 rings (SSSR count). The van der Waals surface area contributed by atoms with E-state index in [-0.39, 0.29) is 11.2 Å². The topological polar surface area (TPSA) is 72.3 Å². The number of hydrogen-bond acceptors (Lipinski definition) is 6. The number of para-hydroxylation sites is 2. The summed E-state index contributed by atoms with van der Waals surface area (Å²) < 4.78 is 7.60. The second-order valence-electron chi connectivity index (χ2n) is 8.65. The van der Waals surface area contributed by atoms with E-state index in [1.165, 1.54) is 11.8 Å². The van der Waals surface area contributed by atoms with Crippen LogP contribution in [0, 0.1) is 6.92 Å². The molecule has 34 heavy (non-hydrogen) atoms. The Hall–Kier alpha value is -2.84. The average Bonchev–Trinajstić information content (AvgIpc) is 3.27. The van der Waals surface area contributed by atoms with Crippen molar-refractivity contribution in [3.63, 3.8) is 0 Å². The monoisotopic (exact) mass is 479 g/mol. The number of carbonyl (C=O) groups excluding carboxylic acids is 1. The smallest absolute Gasteiger partial charge is 0.237 e. The number of rotatable bonds is 8. The number of aromatic nitrogens is 3. The highest BCUT2D eigenvalue weighted by Gasteiger charge is 2.26. The van der Waals surface area contributed by atoms with Crippen molar-refractivity contribution >= 4 is 29.3 Å². The van der Waals surface area contributed by atoms with Gasteiger partial charge in [-0.2, -0.15) is 0 Å². The normalized spacial score (nSPS) is 15.7. The fraction of sp³-hybridized carbons (Fsp3) is 0.423. The molecule has 0 aliphatic carbocycles. The number of amides is 1. The van der Waals surface area contributed by atoms with Crippen LogP contribution in [-0.2, 0) is 9.53 Å². The zero-order chi connectivity index (χ0) is 24.1. The Morgan fingerprint density at radius 1 is 1.09 bits per heavy atom. The largest absolute Gasteiger partial charge is 0.378 e. The predicted molar refractivity (Wildman–Crippen MR) is 138 cm³/mol. The van der Waals surface area contributed by atoms with Crippen molar-refractivity contribution in [3.8, 4) is 5.69 Å². The average molecular weight is 480 g/mol. The van der Waals surface area contributed by atoms with Crippen molar-refractivity contribution in [1.29, 1.82) is 0 Å². The molecule has 7 nitrogen and oxygen atoms in total. The van der Waals surface area contributed by atoms with E-state index in [1.54, 1.807) is 0 Å². The third-order valence-corrected chi connectivity index (χ3v) is 7.32. The first kappa shape index (κ1) is 24.3. The summed E-state index contributed by atoms with van der Waals surface area (Å²) in [7, 11) is 0. The van der Waals surface area contributed by atoms with Crippen LogP contribution in [0.3, 0.4) is 0 Å². The molecule has 1 N–H and O–H groups in total. The van der Waals surface area contributed by atoms with Gasteiger partial charge in [0.1, 0.15) is 0 Å². The van der Waals surface area contributed by atoms with Crippen LogP contribution in [0.25, 0.3) is 5.69 Å². The number of carbonyl (C=O) groups is 1. The van der Waals surface area contributed by atoms with E-state index in [0.29, 0.717) is 24.3 Å². The van der Waals surface area contributed by atoms with Gasteiger partial charge in [0.15, 0.2) is 5.16 Å². The van der Waals surface area contributed by atoms with Crippen LogP contribution in [-0.4, -0.2) is 52.2 Å². The van der Waals surface area contributed by atoms with Crippen LogP contribution in [0.4, 0.5) is 11.6 Å². The first-order chi connectivity index (χ1) is 16.5. The minimum Gasteiger partial charge on any atom is -0.378 e. The first-order valence-electron chi connectivity index (χ1n) is 11.9. The summed E-state index contributed by atoms with van der Waals surface area (Å²) in [6.45, 7) is 11.2. The number of thioether (sulfide) groups is 1. The van der Waals surface area contributed by atoms with Gasteiger partial charge in [-0.15, -0.1) is 10.2 Å². The van der Waals surface area contributed by atoms with Gasteiger partial charge in [0, 0.05) is 18.8 Å². The predicted octanol–water partition coefficient (Wildman–Crippen LogP) is 5.05. The van der Waals surface area contributed by atoms with Crippen LogP contribution in [0.1, 0.15) is 44.2 Å². The van der Waals surface area contributed by atoms with E-state index >= 15 is 0 Å². The Morgan fingerprint density at radius 2 is 1.79 bits per heavy atom. The van der Waals surface area contributed by atoms with Crippen molar-refractivity contribution in [2.24, 2.45) is 0 Å². The molecule has 1 saturated heterocycles. The van der Waals surface area contributed by atoms with Gasteiger partial charge in [-0.3, -0.25) is 9.36 Å². The Kier molecular flexibility index (Phi) is 7.90. The van der Waals surface area contributed by atoms with Gasteiger partial charge in [-0.25, -0.2) is 0 Å².